The number of H-pyrrole nitrogens is 2. The number of aromatic nitrogens is 3. The summed E-state index contributed by atoms with van der Waals surface area (Å²) in [5.41, 5.74) is 3.62. The van der Waals surface area contributed by atoms with E-state index in [-0.39, 0.29) is 12.3 Å². The van der Waals surface area contributed by atoms with E-state index in [9.17, 15) is 14.7 Å². The lowest BCUT2D eigenvalue weighted by Gasteiger charge is -2.03. The first kappa shape index (κ1) is 20.4. The summed E-state index contributed by atoms with van der Waals surface area (Å²) in [6.45, 7) is 2.04. The van der Waals surface area contributed by atoms with Crippen molar-refractivity contribution in [3.8, 4) is 16.5 Å². The molecule has 0 atom stereocenters. The molecule has 5 rings (SSSR count). The van der Waals surface area contributed by atoms with Crippen LogP contribution in [-0.4, -0.2) is 38.8 Å². The van der Waals surface area contributed by atoms with E-state index in [4.69, 9.17) is 0 Å². The number of carbonyl (C=O) groups excluding carboxylic acids is 2. The zero-order chi connectivity index (χ0) is 21.8. The Morgan fingerprint density at radius 1 is 1.19 bits per heavy atom. The molecule has 2 aromatic carbocycles. The van der Waals surface area contributed by atoms with Gasteiger partial charge in [-0.3, -0.25) is 4.79 Å². The van der Waals surface area contributed by atoms with Gasteiger partial charge >= 0.3 is 0 Å². The van der Waals surface area contributed by atoms with Crippen LogP contribution in [0.5, 0.6) is 5.75 Å². The smallest absolute Gasteiger partial charge is 0.253 e. The molecule has 0 aliphatic rings. The van der Waals surface area contributed by atoms with Gasteiger partial charge in [-0.1, -0.05) is 24.3 Å². The maximum atomic E-state index is 12.0. The highest BCUT2D eigenvalue weighted by atomic mass is 32.1. The lowest BCUT2D eigenvalue weighted by atomic mass is 10.1. The maximum Gasteiger partial charge on any atom is 0.253 e. The van der Waals surface area contributed by atoms with Crippen molar-refractivity contribution in [3.05, 3.63) is 71.2 Å². The van der Waals surface area contributed by atoms with Gasteiger partial charge in [0.2, 0.25) is 0 Å². The molecular weight excluding hydrogens is 412 g/mol. The number of phenols is 1. The van der Waals surface area contributed by atoms with E-state index in [0.29, 0.717) is 28.7 Å². The predicted octanol–water partition coefficient (Wildman–Crippen LogP) is 4.40. The van der Waals surface area contributed by atoms with Gasteiger partial charge in [0.15, 0.2) is 0 Å². The fourth-order valence-electron chi connectivity index (χ4n) is 3.24. The number of aromatic hydroxyl groups is 1. The highest BCUT2D eigenvalue weighted by molar-refractivity contribution is 7.13. The Morgan fingerprint density at radius 2 is 2.03 bits per heavy atom. The van der Waals surface area contributed by atoms with Crippen molar-refractivity contribution in [2.24, 2.45) is 0 Å². The molecule has 0 radical (unpaired) electrons. The van der Waals surface area contributed by atoms with E-state index in [1.54, 1.807) is 0 Å². The predicted molar refractivity (Wildman–Crippen MR) is 123 cm³/mol. The Hall–Kier alpha value is -3.91. The number of phenolic OH excluding ortho intramolecular Hbond substituents is 1. The number of aldehydes is 1. The van der Waals surface area contributed by atoms with Crippen LogP contribution in [0.3, 0.4) is 0 Å². The third kappa shape index (κ3) is 4.19. The van der Waals surface area contributed by atoms with E-state index in [1.807, 2.05) is 29.8 Å². The first-order valence-corrected chi connectivity index (χ1v) is 10.5. The van der Waals surface area contributed by atoms with Crippen LogP contribution in [0.15, 0.2) is 60.1 Å². The van der Waals surface area contributed by atoms with Crippen molar-refractivity contribution >= 4 is 45.5 Å². The molecule has 1 amide bonds. The molecule has 0 bridgehead atoms. The Bertz CT molecular complexity index is 1350. The molecule has 3 heterocycles. The molecule has 4 N–H and O–H groups in total. The van der Waals surface area contributed by atoms with Gasteiger partial charge < -0.3 is 25.2 Å². The van der Waals surface area contributed by atoms with Crippen molar-refractivity contribution in [3.63, 3.8) is 0 Å². The number of aromatic amines is 2. The Morgan fingerprint density at radius 3 is 2.77 bits per heavy atom. The molecule has 0 aliphatic heterocycles. The van der Waals surface area contributed by atoms with Crippen molar-refractivity contribution in [2.75, 3.05) is 6.54 Å². The van der Waals surface area contributed by atoms with Crippen LogP contribution >= 0.6 is 11.3 Å². The Balaban J connectivity index is 0.000000192. The summed E-state index contributed by atoms with van der Waals surface area (Å²) in [6.07, 6.45) is 2.64. The number of hydrogen-bond acceptors (Lipinski definition) is 5. The standard InChI is InChI=1S/C14H11N3O3S.C9H9N/c18-6-5-15-14(20)8-3-4-9(19)12-11(8)16-13(17-12)10-2-1-7-21-10;1-7-6-10-9-5-3-2-4-8(7)9/h1-4,6-7,19H,5H2,(H,15,20)(H,16,17);2-6,10H,1H3. The fraction of sp³-hybridized carbons (Fsp3) is 0.0870. The molecular formula is C23H20N4O3S. The molecule has 0 fully saturated rings. The first-order valence-electron chi connectivity index (χ1n) is 9.58. The first-order chi connectivity index (χ1) is 15.1. The minimum Gasteiger partial charge on any atom is -0.506 e. The van der Waals surface area contributed by atoms with Gasteiger partial charge in [-0.05, 0) is 42.1 Å². The van der Waals surface area contributed by atoms with E-state index in [0.717, 1.165) is 4.88 Å². The van der Waals surface area contributed by atoms with Gasteiger partial charge in [0.1, 0.15) is 28.9 Å². The van der Waals surface area contributed by atoms with Crippen LogP contribution in [0.25, 0.3) is 32.6 Å². The van der Waals surface area contributed by atoms with Crippen LogP contribution in [0.4, 0.5) is 0 Å². The normalized spacial score (nSPS) is 10.6. The van der Waals surface area contributed by atoms with Gasteiger partial charge in [-0.25, -0.2) is 4.98 Å². The minimum absolute atomic E-state index is 0.0206. The third-order valence-electron chi connectivity index (χ3n) is 4.76. The highest BCUT2D eigenvalue weighted by Gasteiger charge is 2.17. The number of amides is 1. The Kier molecular flexibility index (Phi) is 5.81. The number of nitrogens with one attached hydrogen (secondary N) is 3. The second kappa shape index (κ2) is 8.85. The number of para-hydroxylation sites is 1. The number of rotatable bonds is 4. The van der Waals surface area contributed by atoms with E-state index >= 15 is 0 Å². The quantitative estimate of drug-likeness (QED) is 0.315. The topological polar surface area (TPSA) is 111 Å². The number of nitrogens with zero attached hydrogens (tertiary/aromatic N) is 1. The molecule has 0 saturated heterocycles. The number of hydrogen-bond donors (Lipinski definition) is 4. The van der Waals surface area contributed by atoms with Gasteiger partial charge in [-0.2, -0.15) is 0 Å². The van der Waals surface area contributed by atoms with Gasteiger partial charge in [0.05, 0.1) is 17.0 Å². The van der Waals surface area contributed by atoms with Crippen molar-refractivity contribution in [2.45, 2.75) is 6.92 Å². The zero-order valence-corrected chi connectivity index (χ0v) is 17.5. The number of thiophene rings is 1. The average molecular weight is 433 g/mol. The summed E-state index contributed by atoms with van der Waals surface area (Å²) in [6, 6.07) is 15.0. The molecule has 156 valence electrons. The third-order valence-corrected chi connectivity index (χ3v) is 5.64. The summed E-state index contributed by atoms with van der Waals surface area (Å²) < 4.78 is 0. The monoisotopic (exact) mass is 432 g/mol. The summed E-state index contributed by atoms with van der Waals surface area (Å²) in [5, 5.41) is 15.6. The largest absolute Gasteiger partial charge is 0.506 e. The number of imidazole rings is 1. The van der Waals surface area contributed by atoms with Crippen LogP contribution in [-0.2, 0) is 4.79 Å². The van der Waals surface area contributed by atoms with Crippen molar-refractivity contribution in [1.82, 2.24) is 20.3 Å². The van der Waals surface area contributed by atoms with Crippen LogP contribution in [0, 0.1) is 6.92 Å². The van der Waals surface area contributed by atoms with Crippen LogP contribution in [0.1, 0.15) is 15.9 Å². The summed E-state index contributed by atoms with van der Waals surface area (Å²) >= 11 is 1.50. The van der Waals surface area contributed by atoms with E-state index in [1.165, 1.54) is 39.9 Å². The van der Waals surface area contributed by atoms with Crippen molar-refractivity contribution in [1.29, 1.82) is 0 Å². The number of carbonyl (C=O) groups is 2. The Labute approximate surface area is 181 Å². The maximum absolute atomic E-state index is 12.0. The van der Waals surface area contributed by atoms with Gasteiger partial charge in [-0.15, -0.1) is 11.3 Å². The highest BCUT2D eigenvalue weighted by Crippen LogP contribution is 2.30. The lowest BCUT2D eigenvalue weighted by Crippen LogP contribution is -2.25. The fourth-order valence-corrected chi connectivity index (χ4v) is 3.91. The molecule has 8 heteroatoms. The van der Waals surface area contributed by atoms with Gasteiger partial charge in [0, 0.05) is 17.1 Å². The molecule has 3 aromatic heterocycles. The molecule has 31 heavy (non-hydrogen) atoms. The minimum atomic E-state index is -0.406. The SMILES string of the molecule is Cc1c[nH]c2ccccc12.O=CCNC(=O)c1ccc(O)c2[nH]c(-c3cccs3)nc12. The van der Waals surface area contributed by atoms with Crippen LogP contribution in [0.2, 0.25) is 0 Å². The zero-order valence-electron chi connectivity index (χ0n) is 16.7. The van der Waals surface area contributed by atoms with E-state index in [2.05, 4.69) is 45.4 Å². The second-order valence-electron chi connectivity index (χ2n) is 6.81. The molecule has 5 aromatic rings. The van der Waals surface area contributed by atoms with E-state index < -0.39 is 5.91 Å². The summed E-state index contributed by atoms with van der Waals surface area (Å²) in [7, 11) is 0. The lowest BCUT2D eigenvalue weighted by molar-refractivity contribution is -0.107. The summed E-state index contributed by atoms with van der Waals surface area (Å²) in [4.78, 5) is 33.9. The number of fused-ring (bicyclic) bond motifs is 2. The molecule has 0 unspecified atom stereocenters. The molecule has 0 spiro atoms. The van der Waals surface area contributed by atoms with Gasteiger partial charge in [0.25, 0.3) is 5.91 Å². The second-order valence-corrected chi connectivity index (χ2v) is 7.76. The molecule has 0 saturated carbocycles. The number of aryl methyl sites for hydroxylation is 1. The molecule has 7 nitrogen and oxygen atoms in total. The molecule has 0 aliphatic carbocycles. The van der Waals surface area contributed by atoms with Crippen LogP contribution < -0.4 is 5.32 Å². The summed E-state index contributed by atoms with van der Waals surface area (Å²) in [5.74, 6) is 0.203. The number of benzene rings is 2. The van der Waals surface area contributed by atoms with Crippen molar-refractivity contribution < 1.29 is 14.7 Å². The average Bonchev–Trinajstić information content (AvgIpc) is 3.53.